The van der Waals surface area contributed by atoms with Gasteiger partial charge in [0.25, 0.3) is 0 Å². The van der Waals surface area contributed by atoms with E-state index in [1.807, 2.05) is 0 Å². The van der Waals surface area contributed by atoms with Crippen LogP contribution in [0.3, 0.4) is 0 Å². The largest absolute Gasteiger partial charge is 0.822 e. The zero-order valence-corrected chi connectivity index (χ0v) is 53.5. The van der Waals surface area contributed by atoms with Gasteiger partial charge in [-0.05, 0) is 222 Å². The van der Waals surface area contributed by atoms with E-state index in [1.54, 1.807) is 0 Å². The average molecular weight is 1190 g/mol. The van der Waals surface area contributed by atoms with Crippen LogP contribution in [-0.2, 0) is 4.57 Å². The van der Waals surface area contributed by atoms with Crippen molar-refractivity contribution in [2.75, 3.05) is 38.3 Å². The Bertz CT molecular complexity index is 2860. The maximum Gasteiger partial charge on any atom is 0.112 e. The molecule has 3 N–H and O–H groups in total. The minimum atomic E-state index is -5.39. The van der Waals surface area contributed by atoms with Gasteiger partial charge < -0.3 is 34.6 Å². The molecule has 9 aromatic carbocycles. The Balaban J connectivity index is 0.000000192. The molecular formula is C72H84O7P4. The molecule has 0 aliphatic rings. The number of hydrogen-bond donors (Lipinski definition) is 3. The summed E-state index contributed by atoms with van der Waals surface area (Å²) in [5.41, 5.74) is 11.6. The van der Waals surface area contributed by atoms with Gasteiger partial charge in [0.1, 0.15) is 69.5 Å². The smallest absolute Gasteiger partial charge is 0.112 e. The highest BCUT2D eigenvalue weighted by Gasteiger charge is 2.47. The predicted octanol–water partition coefficient (Wildman–Crippen LogP) is 10.0. The van der Waals surface area contributed by atoms with E-state index in [2.05, 4.69) is 281 Å². The van der Waals surface area contributed by atoms with Crippen molar-refractivity contribution in [1.82, 2.24) is 0 Å². The van der Waals surface area contributed by atoms with Gasteiger partial charge >= 0.3 is 0 Å². The molecule has 0 bridgehead atoms. The van der Waals surface area contributed by atoms with E-state index in [-0.39, 0.29) is 19.8 Å². The molecule has 83 heavy (non-hydrogen) atoms. The molecule has 434 valence electrons. The zero-order valence-electron chi connectivity index (χ0n) is 49.9. The van der Waals surface area contributed by atoms with Gasteiger partial charge in [-0.3, -0.25) is 0 Å². The zero-order chi connectivity index (χ0) is 60.2. The van der Waals surface area contributed by atoms with Crippen molar-refractivity contribution in [2.24, 2.45) is 0 Å². The third-order valence-corrected chi connectivity index (χ3v) is 28.3. The molecule has 9 aromatic rings. The van der Waals surface area contributed by atoms with Gasteiger partial charge in [0, 0.05) is 39.1 Å². The Morgan fingerprint density at radius 2 is 0.398 bits per heavy atom. The van der Waals surface area contributed by atoms with Crippen LogP contribution in [0, 0.1) is 62.3 Å². The lowest BCUT2D eigenvalue weighted by Crippen LogP contribution is -2.34. The molecule has 0 radical (unpaired) electrons. The maximum atomic E-state index is 9.65. The van der Waals surface area contributed by atoms with Crippen molar-refractivity contribution >= 4 is 77.4 Å². The molecule has 0 fully saturated rings. The number of rotatable bonds is 18. The van der Waals surface area contributed by atoms with Crippen LogP contribution in [0.5, 0.6) is 0 Å². The molecule has 9 rings (SSSR count). The minimum absolute atomic E-state index is 0.227. The van der Waals surface area contributed by atoms with Gasteiger partial charge in [0.05, 0.1) is 18.5 Å². The standard InChI is InChI=1S/3C24H28OP.H3O4P/c3*1-19-8-4-11-22(16-19)26(15-7-14-25,23-12-5-9-20(2)17-23)24-13-6-10-21(3)18-24;1-5(2,3)4/h3*4-6,8-13,16-18,25H,7,14-15H2,1-3H3;(H3,1,2,3,4)/q3*+1;/p-3. The van der Waals surface area contributed by atoms with Crippen molar-refractivity contribution in [2.45, 2.75) is 81.6 Å². The molecule has 7 nitrogen and oxygen atoms in total. The number of benzene rings is 9. The van der Waals surface area contributed by atoms with Crippen LogP contribution in [0.4, 0.5) is 0 Å². The molecule has 0 heterocycles. The van der Waals surface area contributed by atoms with E-state index in [0.29, 0.717) is 0 Å². The molecule has 0 amide bonds. The second-order valence-electron chi connectivity index (χ2n) is 21.8. The Hall–Kier alpha value is -5.74. The van der Waals surface area contributed by atoms with Crippen LogP contribution in [-0.4, -0.2) is 53.6 Å². The highest BCUT2D eigenvalue weighted by atomic mass is 31.2. The van der Waals surface area contributed by atoms with Crippen molar-refractivity contribution in [3.05, 3.63) is 268 Å². The molecule has 0 saturated carbocycles. The van der Waals surface area contributed by atoms with Crippen LogP contribution in [0.25, 0.3) is 0 Å². The third-order valence-electron chi connectivity index (χ3n) is 14.9. The monoisotopic (exact) mass is 1180 g/mol. The summed E-state index contributed by atoms with van der Waals surface area (Å²) >= 11 is 0. The van der Waals surface area contributed by atoms with Crippen LogP contribution in [0.1, 0.15) is 69.3 Å². The van der Waals surface area contributed by atoms with Crippen molar-refractivity contribution in [1.29, 1.82) is 0 Å². The molecule has 11 heteroatoms. The Morgan fingerprint density at radius 3 is 0.494 bits per heavy atom. The first-order valence-corrected chi connectivity index (χ1v) is 35.9. The summed E-state index contributed by atoms with van der Waals surface area (Å²) in [6.07, 6.45) is 5.39. The molecule has 0 aromatic heterocycles. The quantitative estimate of drug-likeness (QED) is 0.0725. The van der Waals surface area contributed by atoms with Gasteiger partial charge in [-0.1, -0.05) is 109 Å². The van der Waals surface area contributed by atoms with Gasteiger partial charge in [0.2, 0.25) is 0 Å². The van der Waals surface area contributed by atoms with E-state index < -0.39 is 29.6 Å². The summed E-state index contributed by atoms with van der Waals surface area (Å²) in [6.45, 7) is 20.2. The van der Waals surface area contributed by atoms with Crippen LogP contribution < -0.4 is 62.4 Å². The normalized spacial score (nSPS) is 11.6. The van der Waals surface area contributed by atoms with Crippen LogP contribution in [0.2, 0.25) is 0 Å². The fraction of sp³-hybridized carbons (Fsp3) is 0.250. The lowest BCUT2D eigenvalue weighted by Gasteiger charge is -2.36. The summed E-state index contributed by atoms with van der Waals surface area (Å²) in [7, 11) is -10.8. The molecule has 0 atom stereocenters. The minimum Gasteiger partial charge on any atom is -0.822 e. The second-order valence-corrected chi connectivity index (χ2v) is 33.6. The average Bonchev–Trinajstić information content (AvgIpc) is 2.02. The van der Waals surface area contributed by atoms with E-state index in [1.165, 1.54) is 97.8 Å². The lowest BCUT2D eigenvalue weighted by molar-refractivity contribution is -0.432. The van der Waals surface area contributed by atoms with E-state index in [0.717, 1.165) is 37.7 Å². The van der Waals surface area contributed by atoms with E-state index in [9.17, 15) is 15.3 Å². The summed E-state index contributed by atoms with van der Waals surface area (Å²) < 4.78 is 8.55. The molecule has 0 aliphatic heterocycles. The fourth-order valence-corrected chi connectivity index (χ4v) is 25.0. The van der Waals surface area contributed by atoms with Crippen molar-refractivity contribution in [3.8, 4) is 0 Å². The number of phosphoric acid groups is 1. The predicted molar refractivity (Wildman–Crippen MR) is 355 cm³/mol. The van der Waals surface area contributed by atoms with Gasteiger partial charge in [-0.15, -0.1) is 0 Å². The first-order chi connectivity index (χ1) is 39.7. The molecule has 0 aliphatic carbocycles. The Labute approximate surface area is 497 Å². The third kappa shape index (κ3) is 17.9. The first-order valence-electron chi connectivity index (χ1n) is 28.5. The van der Waals surface area contributed by atoms with Gasteiger partial charge in [-0.2, -0.15) is 7.82 Å². The number of aliphatic hydroxyl groups is 3. The summed E-state index contributed by atoms with van der Waals surface area (Å²) in [6, 6.07) is 80.6. The Morgan fingerprint density at radius 1 is 0.277 bits per heavy atom. The highest BCUT2D eigenvalue weighted by Crippen LogP contribution is 2.58. The lowest BCUT2D eigenvalue weighted by atomic mass is 10.2. The van der Waals surface area contributed by atoms with E-state index in [4.69, 9.17) is 19.2 Å². The van der Waals surface area contributed by atoms with Crippen LogP contribution >= 0.6 is 29.6 Å². The van der Waals surface area contributed by atoms with E-state index >= 15 is 0 Å². The summed E-state index contributed by atoms with van der Waals surface area (Å²) in [4.78, 5) is 25.6. The summed E-state index contributed by atoms with van der Waals surface area (Å²) in [5, 5.41) is 41.6. The highest BCUT2D eigenvalue weighted by molar-refractivity contribution is 7.96. The van der Waals surface area contributed by atoms with Crippen molar-refractivity contribution < 1.29 is 34.6 Å². The number of aliphatic hydroxyl groups excluding tert-OH is 3. The van der Waals surface area contributed by atoms with Crippen LogP contribution in [0.15, 0.2) is 218 Å². The number of aryl methyl sites for hydroxylation is 9. The molecule has 0 unspecified atom stereocenters. The fourth-order valence-electron chi connectivity index (χ4n) is 11.2. The maximum absolute atomic E-state index is 9.65. The van der Waals surface area contributed by atoms with Crippen molar-refractivity contribution in [3.63, 3.8) is 0 Å². The van der Waals surface area contributed by atoms with Gasteiger partial charge in [0.15, 0.2) is 0 Å². The first kappa shape index (κ1) is 66.4. The van der Waals surface area contributed by atoms with Gasteiger partial charge in [-0.25, -0.2) is 0 Å². The molecule has 0 saturated heterocycles. The SMILES string of the molecule is Cc1cccc([P+](CCCO)(c2cccc(C)c2)c2cccc(C)c2)c1.Cc1cccc([P+](CCCO)(c2cccc(C)c2)c2cccc(C)c2)c1.Cc1cccc([P+](CCCO)(c2cccc(C)c2)c2cccc(C)c2)c1.O=P([O-])([O-])[O-]. The Kier molecular flexibility index (Phi) is 25.1. The molecular weight excluding hydrogens is 1100 g/mol. The molecule has 0 spiro atoms. The summed E-state index contributed by atoms with van der Waals surface area (Å²) in [5.74, 6) is 0. The topological polar surface area (TPSA) is 147 Å². The second kappa shape index (κ2) is 31.4. The number of hydrogen-bond acceptors (Lipinski definition) is 7.